The molecule has 2 saturated carbocycles. The van der Waals surface area contributed by atoms with Gasteiger partial charge in [0.1, 0.15) is 17.2 Å². The van der Waals surface area contributed by atoms with Crippen LogP contribution in [0.4, 0.5) is 19.3 Å². The first-order chi connectivity index (χ1) is 21.8. The molecule has 3 fully saturated rings. The predicted octanol–water partition coefficient (Wildman–Crippen LogP) is 6.83. The highest BCUT2D eigenvalue weighted by Crippen LogP contribution is 2.42. The number of likely N-dealkylation sites (tertiary alicyclic amines) is 1. The van der Waals surface area contributed by atoms with Crippen molar-refractivity contribution < 1.29 is 42.2 Å². The zero-order chi connectivity index (χ0) is 33.2. The van der Waals surface area contributed by atoms with E-state index in [0.717, 1.165) is 38.5 Å². The number of carboxylic acid groups (broad SMARTS) is 1. The van der Waals surface area contributed by atoms with Crippen molar-refractivity contribution >= 4 is 40.5 Å². The molecule has 3 aliphatic rings. The number of nitrogens with zero attached hydrogens (tertiary/aromatic N) is 1. The van der Waals surface area contributed by atoms with Crippen molar-refractivity contribution in [3.8, 4) is 0 Å². The van der Waals surface area contributed by atoms with Gasteiger partial charge in [-0.1, -0.05) is 32.1 Å². The number of alkyl halides is 2. The molecular weight excluding hydrogens is 600 g/mol. The van der Waals surface area contributed by atoms with Crippen molar-refractivity contribution in [2.75, 3.05) is 11.9 Å². The van der Waals surface area contributed by atoms with Crippen molar-refractivity contribution in [2.45, 2.75) is 109 Å². The van der Waals surface area contributed by atoms with E-state index in [1.807, 2.05) is 0 Å². The fraction of sp³-hybridized carbons (Fsp3) is 0.647. The van der Waals surface area contributed by atoms with Crippen LogP contribution in [0.5, 0.6) is 0 Å². The highest BCUT2D eigenvalue weighted by atomic mass is 19.3. The molecule has 1 aromatic carbocycles. The molecule has 2 aromatic rings. The number of alkyl carbamates (subject to hydrolysis) is 1. The molecule has 1 aliphatic heterocycles. The maximum Gasteiger partial charge on any atom is 0.408 e. The summed E-state index contributed by atoms with van der Waals surface area (Å²) in [5, 5.41) is 15.1. The third-order valence-electron chi connectivity index (χ3n) is 9.83. The number of carboxylic acids is 1. The summed E-state index contributed by atoms with van der Waals surface area (Å²) in [6.07, 6.45) is 3.93. The quantitative estimate of drug-likeness (QED) is 0.286. The van der Waals surface area contributed by atoms with Gasteiger partial charge in [-0.3, -0.25) is 9.59 Å². The summed E-state index contributed by atoms with van der Waals surface area (Å²) in [6.45, 7) is 5.46. The second kappa shape index (κ2) is 14.0. The van der Waals surface area contributed by atoms with E-state index in [9.17, 15) is 33.1 Å². The van der Waals surface area contributed by atoms with Gasteiger partial charge in [0.25, 0.3) is 6.43 Å². The van der Waals surface area contributed by atoms with Crippen LogP contribution in [-0.2, 0) is 14.3 Å². The Labute approximate surface area is 267 Å². The van der Waals surface area contributed by atoms with Crippen LogP contribution in [0.15, 0.2) is 28.7 Å². The highest BCUT2D eigenvalue weighted by Gasteiger charge is 2.47. The minimum absolute atomic E-state index is 0.0121. The number of carbonyl (C=O) groups excluding carboxylic acids is 3. The first-order valence-electron chi connectivity index (χ1n) is 16.5. The molecule has 0 bridgehead atoms. The Morgan fingerprint density at radius 3 is 2.30 bits per heavy atom. The number of hydrogen-bond donors (Lipinski definition) is 3. The number of nitrogens with one attached hydrogen (secondary N) is 2. The molecule has 3 atom stereocenters. The first-order valence-corrected chi connectivity index (χ1v) is 16.5. The lowest BCUT2D eigenvalue weighted by Gasteiger charge is -2.37. The standard InChI is InChI=1S/C34H45F2N3O7/c1-34(2,3)46-33(44)38-27(29(35)36)20-9-11-21(12-10-20)31(41)39-16-15-24(19-7-5-4-6-8-19)28(39)30(40)37-23-13-14-25-22(17-23)18-26(45-25)32(42)43/h13-14,17-21,24,27-29H,4-12,15-16H2,1-3H3,(H,37,40)(H,38,44)(H,42,43)/t20?,21?,24-,27-,28-/m0/s1. The Hall–Kier alpha value is -3.70. The van der Waals surface area contributed by atoms with Crippen LogP contribution < -0.4 is 10.6 Å². The third kappa shape index (κ3) is 7.81. The molecule has 0 spiro atoms. The molecule has 0 radical (unpaired) electrons. The highest BCUT2D eigenvalue weighted by molar-refractivity contribution is 6.00. The second-order valence-corrected chi connectivity index (χ2v) is 14.1. The SMILES string of the molecule is CC(C)(C)OC(=O)N[C@H](C(F)F)C1CCC(C(=O)N2CC[C@@H](C3CCCCC3)[C@H]2C(=O)Nc2ccc3oc(C(=O)O)cc3c2)CC1. The summed E-state index contributed by atoms with van der Waals surface area (Å²) >= 11 is 0. The normalized spacial score (nSPS) is 25.0. The zero-order valence-corrected chi connectivity index (χ0v) is 26.7. The van der Waals surface area contributed by atoms with Crippen molar-refractivity contribution in [1.29, 1.82) is 0 Å². The Morgan fingerprint density at radius 2 is 1.67 bits per heavy atom. The number of fused-ring (bicyclic) bond motifs is 1. The molecule has 252 valence electrons. The maximum atomic E-state index is 14.0. The number of furan rings is 1. The summed E-state index contributed by atoms with van der Waals surface area (Å²) in [5.41, 5.74) is 0.0530. The van der Waals surface area contributed by atoms with Crippen LogP contribution in [0.2, 0.25) is 0 Å². The molecule has 3 amide bonds. The average molecular weight is 646 g/mol. The molecule has 0 unspecified atom stereocenters. The van der Waals surface area contributed by atoms with Crippen molar-refractivity contribution in [3.05, 3.63) is 30.0 Å². The molecule has 1 aromatic heterocycles. The number of ether oxygens (including phenoxy) is 1. The fourth-order valence-electron chi connectivity index (χ4n) is 7.69. The number of halogens is 2. The Balaban J connectivity index is 1.28. The van der Waals surface area contributed by atoms with E-state index in [4.69, 9.17) is 9.15 Å². The molecule has 3 N–H and O–H groups in total. The van der Waals surface area contributed by atoms with E-state index < -0.39 is 48.0 Å². The molecule has 10 nitrogen and oxygen atoms in total. The summed E-state index contributed by atoms with van der Waals surface area (Å²) in [6, 6.07) is 4.29. The fourth-order valence-corrected chi connectivity index (χ4v) is 7.69. The van der Waals surface area contributed by atoms with Gasteiger partial charge >= 0.3 is 12.1 Å². The number of anilines is 1. The Kier molecular flexibility index (Phi) is 10.2. The summed E-state index contributed by atoms with van der Waals surface area (Å²) in [7, 11) is 0. The predicted molar refractivity (Wildman–Crippen MR) is 167 cm³/mol. The minimum atomic E-state index is -2.77. The van der Waals surface area contributed by atoms with Gasteiger partial charge in [0.05, 0.1) is 6.04 Å². The van der Waals surface area contributed by atoms with Gasteiger partial charge in [-0.25, -0.2) is 18.4 Å². The van der Waals surface area contributed by atoms with Crippen LogP contribution in [0, 0.1) is 23.7 Å². The van der Waals surface area contributed by atoms with Gasteiger partial charge in [-0.15, -0.1) is 0 Å². The number of benzene rings is 1. The van der Waals surface area contributed by atoms with Crippen LogP contribution in [0.3, 0.4) is 0 Å². The third-order valence-corrected chi connectivity index (χ3v) is 9.83. The van der Waals surface area contributed by atoms with E-state index in [2.05, 4.69) is 10.6 Å². The number of rotatable bonds is 8. The second-order valence-electron chi connectivity index (χ2n) is 14.1. The molecular formula is C34H45F2N3O7. The van der Waals surface area contributed by atoms with Crippen LogP contribution in [0.1, 0.15) is 95.5 Å². The van der Waals surface area contributed by atoms with E-state index >= 15 is 0 Å². The molecule has 12 heteroatoms. The Morgan fingerprint density at radius 1 is 0.978 bits per heavy atom. The van der Waals surface area contributed by atoms with Crippen LogP contribution in [-0.4, -0.2) is 64.5 Å². The topological polar surface area (TPSA) is 138 Å². The maximum absolute atomic E-state index is 14.0. The van der Waals surface area contributed by atoms with E-state index in [0.29, 0.717) is 54.8 Å². The number of carbonyl (C=O) groups is 4. The lowest BCUT2D eigenvalue weighted by atomic mass is 9.76. The van der Waals surface area contributed by atoms with E-state index in [-0.39, 0.29) is 23.5 Å². The number of aromatic carboxylic acids is 1. The van der Waals surface area contributed by atoms with Crippen LogP contribution in [0.25, 0.3) is 11.0 Å². The smallest absolute Gasteiger partial charge is 0.408 e. The summed E-state index contributed by atoms with van der Waals surface area (Å²) < 4.78 is 38.6. The lowest BCUT2D eigenvalue weighted by Crippen LogP contribution is -2.51. The molecule has 5 rings (SSSR count). The summed E-state index contributed by atoms with van der Waals surface area (Å²) in [5.74, 6) is -2.33. The van der Waals surface area contributed by atoms with Crippen LogP contribution >= 0.6 is 0 Å². The molecule has 46 heavy (non-hydrogen) atoms. The Bertz CT molecular complexity index is 1420. The lowest BCUT2D eigenvalue weighted by molar-refractivity contribution is -0.142. The van der Waals surface area contributed by atoms with Gasteiger partial charge in [0.15, 0.2) is 0 Å². The minimum Gasteiger partial charge on any atom is -0.475 e. The average Bonchev–Trinajstić information content (AvgIpc) is 3.64. The van der Waals surface area contributed by atoms with E-state index in [1.54, 1.807) is 43.9 Å². The van der Waals surface area contributed by atoms with E-state index in [1.165, 1.54) is 6.07 Å². The van der Waals surface area contributed by atoms with Crippen molar-refractivity contribution in [3.63, 3.8) is 0 Å². The molecule has 2 aliphatic carbocycles. The zero-order valence-electron chi connectivity index (χ0n) is 26.7. The van der Waals surface area contributed by atoms with Gasteiger partial charge in [-0.2, -0.15) is 0 Å². The number of hydrogen-bond acceptors (Lipinski definition) is 6. The summed E-state index contributed by atoms with van der Waals surface area (Å²) in [4.78, 5) is 53.3. The van der Waals surface area contributed by atoms with Gasteiger partial charge < -0.3 is 29.8 Å². The van der Waals surface area contributed by atoms with Crippen molar-refractivity contribution in [1.82, 2.24) is 10.2 Å². The van der Waals surface area contributed by atoms with Gasteiger partial charge in [0, 0.05) is 23.5 Å². The number of amides is 3. The van der Waals surface area contributed by atoms with Crippen molar-refractivity contribution in [2.24, 2.45) is 23.7 Å². The van der Waals surface area contributed by atoms with Gasteiger partial charge in [0.2, 0.25) is 17.6 Å². The van der Waals surface area contributed by atoms with Gasteiger partial charge in [-0.05, 0) is 94.9 Å². The largest absolute Gasteiger partial charge is 0.475 e. The molecule has 1 saturated heterocycles. The molecule has 2 heterocycles. The monoisotopic (exact) mass is 645 g/mol. The first kappa shape index (κ1) is 33.7.